The van der Waals surface area contributed by atoms with Gasteiger partial charge in [-0.2, -0.15) is 26.3 Å². The SMILES string of the molecule is CCCC1=C(C)S(=O)(=O)CCC1C(=O)N1CC[C@@]2(S(=O)(=O)c3ccc(F)cc3)c3ccc(C(F)(C(F)(F)F)C(F)(F)F)cc3CC[C@@H]12. The van der Waals surface area contributed by atoms with Crippen LogP contribution in [-0.4, -0.2) is 58.3 Å². The normalized spacial score (nSPS) is 25.0. The van der Waals surface area contributed by atoms with Crippen molar-refractivity contribution in [2.24, 2.45) is 5.92 Å². The van der Waals surface area contributed by atoms with Gasteiger partial charge in [-0.15, -0.1) is 0 Å². The average Bonchev–Trinajstić information content (AvgIpc) is 3.39. The number of halogens is 8. The fraction of sp³-hybridized carbons (Fsp3) is 0.516. The molecule has 1 saturated heterocycles. The third-order valence-corrected chi connectivity index (χ3v) is 14.3. The van der Waals surface area contributed by atoms with Crippen molar-refractivity contribution in [3.8, 4) is 0 Å². The Morgan fingerprint density at radius 3 is 2.17 bits per heavy atom. The highest BCUT2D eigenvalue weighted by atomic mass is 32.2. The first kappa shape index (κ1) is 35.3. The van der Waals surface area contributed by atoms with Gasteiger partial charge in [0.15, 0.2) is 19.7 Å². The Balaban J connectivity index is 1.69. The molecule has 1 aliphatic carbocycles. The molecule has 0 radical (unpaired) electrons. The third-order valence-electron chi connectivity index (χ3n) is 9.78. The van der Waals surface area contributed by atoms with Crippen LogP contribution in [0.4, 0.5) is 35.1 Å². The minimum absolute atomic E-state index is 0.0534. The molecule has 2 aliphatic heterocycles. The molecule has 0 spiro atoms. The van der Waals surface area contributed by atoms with Crippen LogP contribution in [0.5, 0.6) is 0 Å². The maximum atomic E-state index is 15.1. The van der Waals surface area contributed by atoms with Crippen LogP contribution < -0.4 is 0 Å². The number of benzene rings is 2. The molecule has 0 bridgehead atoms. The van der Waals surface area contributed by atoms with Gasteiger partial charge in [-0.25, -0.2) is 25.6 Å². The van der Waals surface area contributed by atoms with Crippen LogP contribution in [0.3, 0.4) is 0 Å². The maximum Gasteiger partial charge on any atom is 0.435 e. The molecule has 16 heteroatoms. The highest BCUT2D eigenvalue weighted by molar-refractivity contribution is 7.95. The van der Waals surface area contributed by atoms with Crippen LogP contribution in [-0.2, 0) is 41.3 Å². The second-order valence-corrected chi connectivity index (χ2v) is 16.7. The summed E-state index contributed by atoms with van der Waals surface area (Å²) in [6.07, 6.45) is -12.9. The Labute approximate surface area is 266 Å². The summed E-state index contributed by atoms with van der Waals surface area (Å²) < 4.78 is 163. The second kappa shape index (κ2) is 11.6. The Hall–Kier alpha value is -3.01. The number of nitrogens with zero attached hydrogens (tertiary/aromatic N) is 1. The number of amides is 1. The van der Waals surface area contributed by atoms with E-state index >= 15 is 4.39 Å². The number of alkyl halides is 7. The summed E-state index contributed by atoms with van der Waals surface area (Å²) >= 11 is 0. The summed E-state index contributed by atoms with van der Waals surface area (Å²) in [6.45, 7) is 3.02. The van der Waals surface area contributed by atoms with E-state index in [0.717, 1.165) is 30.3 Å². The number of fused-ring (bicyclic) bond motifs is 3. The van der Waals surface area contributed by atoms with E-state index in [9.17, 15) is 52.4 Å². The van der Waals surface area contributed by atoms with Crippen molar-refractivity contribution in [3.63, 3.8) is 0 Å². The highest BCUT2D eigenvalue weighted by Crippen LogP contribution is 2.57. The maximum absolute atomic E-state index is 15.1. The van der Waals surface area contributed by atoms with Gasteiger partial charge in [0.1, 0.15) is 10.6 Å². The first-order chi connectivity index (χ1) is 21.6. The minimum Gasteiger partial charge on any atom is -0.337 e. The number of aryl methyl sites for hydroxylation is 1. The predicted molar refractivity (Wildman–Crippen MR) is 155 cm³/mol. The molecule has 258 valence electrons. The van der Waals surface area contributed by atoms with Crippen LogP contribution in [0.15, 0.2) is 57.8 Å². The lowest BCUT2D eigenvalue weighted by molar-refractivity contribution is -0.348. The molecule has 0 N–H and O–H groups in total. The predicted octanol–water partition coefficient (Wildman–Crippen LogP) is 6.84. The Morgan fingerprint density at radius 2 is 1.60 bits per heavy atom. The number of allylic oxidation sites excluding steroid dienone is 1. The van der Waals surface area contributed by atoms with Crippen LogP contribution in [0, 0.1) is 11.7 Å². The van der Waals surface area contributed by atoms with E-state index in [1.807, 2.05) is 0 Å². The summed E-state index contributed by atoms with van der Waals surface area (Å²) in [6, 6.07) is 3.92. The molecule has 1 amide bonds. The quantitative estimate of drug-likeness (QED) is 0.242. The topological polar surface area (TPSA) is 88.6 Å². The first-order valence-corrected chi connectivity index (χ1v) is 18.0. The number of rotatable bonds is 6. The molecular weight excluding hydrogens is 682 g/mol. The molecule has 2 heterocycles. The summed E-state index contributed by atoms with van der Waals surface area (Å²) in [7, 11) is -8.26. The molecule has 3 atom stereocenters. The lowest BCUT2D eigenvalue weighted by Gasteiger charge is -2.44. The highest BCUT2D eigenvalue weighted by Gasteiger charge is 2.74. The van der Waals surface area contributed by atoms with E-state index in [-0.39, 0.29) is 66.5 Å². The number of hydrogen-bond acceptors (Lipinski definition) is 5. The molecule has 6 nitrogen and oxygen atoms in total. The largest absolute Gasteiger partial charge is 0.435 e. The number of likely N-dealkylation sites (tertiary alicyclic amines) is 1. The van der Waals surface area contributed by atoms with Gasteiger partial charge in [-0.05, 0) is 80.0 Å². The van der Waals surface area contributed by atoms with Crippen LogP contribution in [0.1, 0.15) is 62.6 Å². The summed E-state index contributed by atoms with van der Waals surface area (Å²) in [5, 5.41) is 0. The monoisotopic (exact) mass is 713 g/mol. The smallest absolute Gasteiger partial charge is 0.337 e. The van der Waals surface area contributed by atoms with Crippen molar-refractivity contribution in [3.05, 3.63) is 75.5 Å². The van der Waals surface area contributed by atoms with Crippen molar-refractivity contribution in [2.45, 2.75) is 86.1 Å². The van der Waals surface area contributed by atoms with E-state index in [0.29, 0.717) is 18.1 Å². The van der Waals surface area contributed by atoms with E-state index in [1.165, 1.54) is 11.8 Å². The van der Waals surface area contributed by atoms with E-state index in [4.69, 9.17) is 0 Å². The fourth-order valence-electron chi connectivity index (χ4n) is 7.46. The van der Waals surface area contributed by atoms with Gasteiger partial charge in [0.2, 0.25) is 5.91 Å². The zero-order valence-electron chi connectivity index (χ0n) is 25.2. The summed E-state index contributed by atoms with van der Waals surface area (Å²) in [4.78, 5) is 15.2. The molecule has 1 unspecified atom stereocenters. The summed E-state index contributed by atoms with van der Waals surface area (Å²) in [5.41, 5.74) is -7.55. The molecule has 5 rings (SSSR count). The molecule has 2 aromatic carbocycles. The van der Waals surface area contributed by atoms with Crippen molar-refractivity contribution >= 4 is 25.6 Å². The molecule has 0 saturated carbocycles. The van der Waals surface area contributed by atoms with Gasteiger partial charge in [-0.1, -0.05) is 31.5 Å². The molecule has 0 aromatic heterocycles. The van der Waals surface area contributed by atoms with E-state index < -0.39 is 76.6 Å². The third kappa shape index (κ3) is 5.28. The second-order valence-electron chi connectivity index (χ2n) is 12.2. The number of sulfone groups is 2. The first-order valence-electron chi connectivity index (χ1n) is 14.8. The van der Waals surface area contributed by atoms with Gasteiger partial charge in [0.25, 0.3) is 0 Å². The van der Waals surface area contributed by atoms with E-state index in [2.05, 4.69) is 0 Å². The lowest BCUT2D eigenvalue weighted by atomic mass is 9.76. The van der Waals surface area contributed by atoms with Crippen LogP contribution in [0.25, 0.3) is 0 Å². The van der Waals surface area contributed by atoms with Crippen LogP contribution in [0.2, 0.25) is 0 Å². The van der Waals surface area contributed by atoms with Gasteiger partial charge in [0, 0.05) is 17.0 Å². The summed E-state index contributed by atoms with van der Waals surface area (Å²) in [5.74, 6) is -2.51. The Morgan fingerprint density at radius 1 is 0.979 bits per heavy atom. The number of hydrogen-bond donors (Lipinski definition) is 0. The van der Waals surface area contributed by atoms with Crippen LogP contribution >= 0.6 is 0 Å². The molecule has 47 heavy (non-hydrogen) atoms. The van der Waals surface area contributed by atoms with Gasteiger partial charge < -0.3 is 4.90 Å². The zero-order chi connectivity index (χ0) is 35.0. The van der Waals surface area contributed by atoms with Crippen molar-refractivity contribution in [1.82, 2.24) is 4.90 Å². The van der Waals surface area contributed by atoms with Gasteiger partial charge >= 0.3 is 18.0 Å². The average molecular weight is 714 g/mol. The Kier molecular flexibility index (Phi) is 8.68. The fourth-order valence-corrected chi connectivity index (χ4v) is 11.3. The lowest BCUT2D eigenvalue weighted by Crippen LogP contribution is -2.54. The number of carbonyl (C=O) groups excluding carboxylic acids is 1. The minimum atomic E-state index is -6.39. The van der Waals surface area contributed by atoms with Crippen molar-refractivity contribution in [2.75, 3.05) is 12.3 Å². The van der Waals surface area contributed by atoms with Gasteiger partial charge in [-0.3, -0.25) is 4.79 Å². The standard InChI is InChI=1S/C31H31F8NO5S2/c1-3-4-23-18(2)46(42,43)16-13-24(23)27(41)40-15-14-28(47(44,45)22-9-7-21(32)8-10-22)25-11-6-20(17-19(25)5-12-26(28)40)29(33,30(34,35)36)31(37,38)39/h6-11,17,24,26H,3-5,12-16H2,1-2H3/t24?,26-,28-/m1/s1. The number of carbonyl (C=O) groups is 1. The molecule has 3 aliphatic rings. The van der Waals surface area contributed by atoms with E-state index in [1.54, 1.807) is 6.92 Å². The van der Waals surface area contributed by atoms with Crippen molar-refractivity contribution in [1.29, 1.82) is 0 Å². The van der Waals surface area contributed by atoms with Crippen molar-refractivity contribution < 1.29 is 56.8 Å². The van der Waals surface area contributed by atoms with Gasteiger partial charge in [0.05, 0.1) is 22.6 Å². The molecule has 2 aromatic rings. The molecule has 1 fully saturated rings. The molecular formula is C31H31F8NO5S2. The zero-order valence-corrected chi connectivity index (χ0v) is 26.8. The Bertz CT molecular complexity index is 1820.